The molecule has 2 aromatic rings. The minimum Gasteiger partial charge on any atom is -0.497 e. The normalized spacial score (nSPS) is 8.84. The topological polar surface area (TPSA) is 9.23 Å². The Bertz CT molecular complexity index is 400. The van der Waals surface area contributed by atoms with E-state index in [1.54, 1.807) is 18.9 Å². The third-order valence-corrected chi connectivity index (χ3v) is 3.26. The molecule has 0 atom stereocenters. The van der Waals surface area contributed by atoms with Crippen LogP contribution in [0.4, 0.5) is 0 Å². The zero-order valence-electron chi connectivity index (χ0n) is 11.4. The van der Waals surface area contributed by atoms with E-state index in [0.717, 1.165) is 5.75 Å². The third-order valence-electron chi connectivity index (χ3n) is 2.51. The summed E-state index contributed by atoms with van der Waals surface area (Å²) in [7, 11) is 1.67. The van der Waals surface area contributed by atoms with Crippen molar-refractivity contribution >= 4 is 11.8 Å². The summed E-state index contributed by atoms with van der Waals surface area (Å²) in [6, 6.07) is 16.5. The first-order valence-corrected chi connectivity index (χ1v) is 7.09. The summed E-state index contributed by atoms with van der Waals surface area (Å²) in [5, 5.41) is 0. The maximum Gasteiger partial charge on any atom is 0.118 e. The van der Waals surface area contributed by atoms with Gasteiger partial charge in [-0.25, -0.2) is 0 Å². The first-order chi connectivity index (χ1) is 8.65. The molecule has 19 heavy (non-hydrogen) atoms. The van der Waals surface area contributed by atoms with Gasteiger partial charge in [-0.1, -0.05) is 42.8 Å². The molecular formula is C17H24OS. The van der Waals surface area contributed by atoms with Crippen LogP contribution in [-0.4, -0.2) is 13.4 Å². The first-order valence-electron chi connectivity index (χ1n) is 5.87. The Kier molecular flexibility index (Phi) is 8.81. The molecule has 0 amide bonds. The monoisotopic (exact) mass is 276 g/mol. The van der Waals surface area contributed by atoms with E-state index < -0.39 is 0 Å². The summed E-state index contributed by atoms with van der Waals surface area (Å²) in [4.78, 5) is 1.33. The molecule has 0 radical (unpaired) electrons. The van der Waals surface area contributed by atoms with Crippen molar-refractivity contribution in [3.05, 3.63) is 59.7 Å². The van der Waals surface area contributed by atoms with Gasteiger partial charge in [-0.05, 0) is 44.4 Å². The lowest BCUT2D eigenvalue weighted by atomic mass is 10.2. The minimum absolute atomic E-state index is 0. The Morgan fingerprint density at radius 3 is 1.58 bits per heavy atom. The van der Waals surface area contributed by atoms with Gasteiger partial charge >= 0.3 is 0 Å². The molecule has 0 heterocycles. The molecule has 1 nitrogen and oxygen atoms in total. The molecule has 0 saturated heterocycles. The molecule has 2 heteroatoms. The van der Waals surface area contributed by atoms with Gasteiger partial charge in [0.2, 0.25) is 0 Å². The Morgan fingerprint density at radius 1 is 0.789 bits per heavy atom. The van der Waals surface area contributed by atoms with Crippen molar-refractivity contribution in [1.82, 2.24) is 0 Å². The van der Waals surface area contributed by atoms with Gasteiger partial charge in [0.25, 0.3) is 0 Å². The number of hydrogen-bond donors (Lipinski definition) is 0. The number of ether oxygens (including phenoxy) is 1. The summed E-state index contributed by atoms with van der Waals surface area (Å²) >= 11 is 1.78. The standard InChI is InChI=1S/C8H10O.C8H10S.CH4/c2*1-7-3-5-8(9-2)6-4-7;/h2*3-6H,1-2H3;1H4. The molecule has 0 saturated carbocycles. The van der Waals surface area contributed by atoms with E-state index in [4.69, 9.17) is 4.74 Å². The van der Waals surface area contributed by atoms with Crippen molar-refractivity contribution in [3.8, 4) is 5.75 Å². The molecule has 0 aromatic heterocycles. The van der Waals surface area contributed by atoms with Crippen molar-refractivity contribution in [2.45, 2.75) is 26.2 Å². The fourth-order valence-corrected chi connectivity index (χ4v) is 1.76. The van der Waals surface area contributed by atoms with Gasteiger partial charge in [0, 0.05) is 4.90 Å². The molecule has 0 spiro atoms. The Balaban J connectivity index is 0.000000324. The van der Waals surface area contributed by atoms with Gasteiger partial charge in [-0.15, -0.1) is 11.8 Å². The zero-order chi connectivity index (χ0) is 13.4. The van der Waals surface area contributed by atoms with Crippen LogP contribution < -0.4 is 4.74 Å². The number of rotatable bonds is 2. The highest BCUT2D eigenvalue weighted by molar-refractivity contribution is 7.98. The van der Waals surface area contributed by atoms with Gasteiger partial charge in [0.15, 0.2) is 0 Å². The summed E-state index contributed by atoms with van der Waals surface area (Å²) < 4.78 is 4.97. The maximum absolute atomic E-state index is 4.97. The molecule has 0 fully saturated rings. The molecule has 2 rings (SSSR count). The number of benzene rings is 2. The number of thioether (sulfide) groups is 1. The highest BCUT2D eigenvalue weighted by Crippen LogP contribution is 2.13. The molecular weight excluding hydrogens is 252 g/mol. The molecule has 0 unspecified atom stereocenters. The van der Waals surface area contributed by atoms with Crippen LogP contribution in [0.1, 0.15) is 18.6 Å². The fraction of sp³-hybridized carbons (Fsp3) is 0.294. The van der Waals surface area contributed by atoms with Crippen LogP contribution in [-0.2, 0) is 0 Å². The lowest BCUT2D eigenvalue weighted by Gasteiger charge is -1.97. The maximum atomic E-state index is 4.97. The van der Waals surface area contributed by atoms with Crippen molar-refractivity contribution in [2.75, 3.05) is 13.4 Å². The van der Waals surface area contributed by atoms with Gasteiger partial charge in [-0.3, -0.25) is 0 Å². The second kappa shape index (κ2) is 9.51. The first kappa shape index (κ1) is 17.6. The van der Waals surface area contributed by atoms with E-state index in [1.165, 1.54) is 16.0 Å². The minimum atomic E-state index is 0. The predicted octanol–water partition coefficient (Wildman–Crippen LogP) is 5.36. The van der Waals surface area contributed by atoms with Crippen LogP contribution in [0, 0.1) is 13.8 Å². The predicted molar refractivity (Wildman–Crippen MR) is 87.4 cm³/mol. The van der Waals surface area contributed by atoms with Crippen molar-refractivity contribution in [2.24, 2.45) is 0 Å². The molecule has 0 bridgehead atoms. The largest absolute Gasteiger partial charge is 0.497 e. The Labute approximate surface area is 122 Å². The van der Waals surface area contributed by atoms with E-state index in [2.05, 4.69) is 44.4 Å². The molecule has 104 valence electrons. The Hall–Kier alpha value is -1.41. The number of aryl methyl sites for hydroxylation is 2. The van der Waals surface area contributed by atoms with Crippen LogP contribution >= 0.6 is 11.8 Å². The molecule has 2 aromatic carbocycles. The van der Waals surface area contributed by atoms with E-state index >= 15 is 0 Å². The lowest BCUT2D eigenvalue weighted by molar-refractivity contribution is 0.414. The second-order valence-corrected chi connectivity index (χ2v) is 4.91. The Morgan fingerprint density at radius 2 is 1.21 bits per heavy atom. The summed E-state index contributed by atoms with van der Waals surface area (Å²) in [6.45, 7) is 4.16. The average Bonchev–Trinajstić information content (AvgIpc) is 2.41. The summed E-state index contributed by atoms with van der Waals surface area (Å²) in [5.41, 5.74) is 2.59. The smallest absolute Gasteiger partial charge is 0.118 e. The van der Waals surface area contributed by atoms with Crippen molar-refractivity contribution < 1.29 is 4.74 Å². The van der Waals surface area contributed by atoms with Crippen molar-refractivity contribution in [3.63, 3.8) is 0 Å². The lowest BCUT2D eigenvalue weighted by Crippen LogP contribution is -1.80. The van der Waals surface area contributed by atoms with Crippen LogP contribution in [0.25, 0.3) is 0 Å². The van der Waals surface area contributed by atoms with Crippen LogP contribution in [0.15, 0.2) is 53.4 Å². The SMILES string of the molecule is C.COc1ccc(C)cc1.CSc1ccc(C)cc1. The van der Waals surface area contributed by atoms with Gasteiger partial charge in [0.05, 0.1) is 7.11 Å². The van der Waals surface area contributed by atoms with E-state index in [9.17, 15) is 0 Å². The van der Waals surface area contributed by atoms with Crippen molar-refractivity contribution in [1.29, 1.82) is 0 Å². The second-order valence-electron chi connectivity index (χ2n) is 4.03. The van der Waals surface area contributed by atoms with E-state index in [-0.39, 0.29) is 7.43 Å². The van der Waals surface area contributed by atoms with Gasteiger partial charge < -0.3 is 4.74 Å². The van der Waals surface area contributed by atoms with Crippen LogP contribution in [0.2, 0.25) is 0 Å². The number of hydrogen-bond acceptors (Lipinski definition) is 2. The molecule has 0 aliphatic carbocycles. The van der Waals surface area contributed by atoms with E-state index in [1.807, 2.05) is 24.3 Å². The summed E-state index contributed by atoms with van der Waals surface area (Å²) in [5.74, 6) is 0.917. The van der Waals surface area contributed by atoms with E-state index in [0.29, 0.717) is 0 Å². The molecule has 0 aliphatic rings. The quantitative estimate of drug-likeness (QED) is 0.683. The highest BCUT2D eigenvalue weighted by Gasteiger charge is 1.86. The van der Waals surface area contributed by atoms with Gasteiger partial charge in [0.1, 0.15) is 5.75 Å². The molecule has 0 N–H and O–H groups in total. The summed E-state index contributed by atoms with van der Waals surface area (Å²) in [6.07, 6.45) is 2.09. The van der Waals surface area contributed by atoms with Crippen LogP contribution in [0.3, 0.4) is 0 Å². The molecule has 0 aliphatic heterocycles. The zero-order valence-corrected chi connectivity index (χ0v) is 12.3. The number of methoxy groups -OCH3 is 1. The van der Waals surface area contributed by atoms with Gasteiger partial charge in [-0.2, -0.15) is 0 Å². The highest BCUT2D eigenvalue weighted by atomic mass is 32.2. The third kappa shape index (κ3) is 6.92. The average molecular weight is 276 g/mol. The van der Waals surface area contributed by atoms with Crippen LogP contribution in [0.5, 0.6) is 5.75 Å². The fourth-order valence-electron chi connectivity index (χ4n) is 1.35.